The van der Waals surface area contributed by atoms with Crippen molar-refractivity contribution in [3.63, 3.8) is 0 Å². The van der Waals surface area contributed by atoms with E-state index in [0.717, 1.165) is 32.4 Å². The van der Waals surface area contributed by atoms with Gasteiger partial charge in [-0.25, -0.2) is 4.39 Å². The van der Waals surface area contributed by atoms with Gasteiger partial charge in [-0.15, -0.1) is 0 Å². The van der Waals surface area contributed by atoms with Crippen LogP contribution in [0.15, 0.2) is 24.3 Å². The first-order chi connectivity index (χ1) is 12.1. The molecule has 0 spiro atoms. The van der Waals surface area contributed by atoms with Gasteiger partial charge in [0.25, 0.3) is 0 Å². The summed E-state index contributed by atoms with van der Waals surface area (Å²) in [6.07, 6.45) is 2.99. The lowest BCUT2D eigenvalue weighted by Crippen LogP contribution is -2.44. The first-order valence-electron chi connectivity index (χ1n) is 9.15. The molecule has 1 aromatic carbocycles. The number of carbonyl (C=O) groups is 2. The number of rotatable bonds is 3. The van der Waals surface area contributed by atoms with Crippen LogP contribution in [0.3, 0.4) is 0 Å². The summed E-state index contributed by atoms with van der Waals surface area (Å²) in [5.74, 6) is -0.0341. The van der Waals surface area contributed by atoms with Crippen molar-refractivity contribution in [2.75, 3.05) is 39.3 Å². The standard InChI is InChI=1S/C19H26FN3O2/c20-17-6-1-4-15(12-17)13-18(24)22-8-3-9-23(11-10-22)19(25)16-5-2-7-21-14-16/h1,4,6,12,16,21H,2-3,5,7-11,13-14H2. The first kappa shape index (κ1) is 17.9. The fourth-order valence-electron chi connectivity index (χ4n) is 3.64. The van der Waals surface area contributed by atoms with Crippen molar-refractivity contribution in [3.05, 3.63) is 35.6 Å². The van der Waals surface area contributed by atoms with Gasteiger partial charge in [0, 0.05) is 32.7 Å². The summed E-state index contributed by atoms with van der Waals surface area (Å²) in [5, 5.41) is 3.29. The summed E-state index contributed by atoms with van der Waals surface area (Å²) in [6, 6.07) is 6.18. The molecule has 2 fully saturated rings. The third-order valence-electron chi connectivity index (χ3n) is 5.05. The van der Waals surface area contributed by atoms with Gasteiger partial charge >= 0.3 is 0 Å². The van der Waals surface area contributed by atoms with Crippen LogP contribution in [-0.2, 0) is 16.0 Å². The Kier molecular flexibility index (Phi) is 6.02. The SMILES string of the molecule is O=C(Cc1cccc(F)c1)N1CCCN(C(=O)C2CCCNC2)CC1. The molecule has 0 bridgehead atoms. The van der Waals surface area contributed by atoms with E-state index in [4.69, 9.17) is 0 Å². The number of piperidine rings is 1. The lowest BCUT2D eigenvalue weighted by atomic mass is 9.98. The zero-order valence-electron chi connectivity index (χ0n) is 14.5. The Labute approximate surface area is 148 Å². The van der Waals surface area contributed by atoms with Crippen LogP contribution >= 0.6 is 0 Å². The van der Waals surface area contributed by atoms with Gasteiger partial charge < -0.3 is 15.1 Å². The second-order valence-corrected chi connectivity index (χ2v) is 6.91. The average molecular weight is 347 g/mol. The molecular weight excluding hydrogens is 321 g/mol. The van der Waals surface area contributed by atoms with Gasteiger partial charge in [0.15, 0.2) is 0 Å². The van der Waals surface area contributed by atoms with Gasteiger partial charge in [0.2, 0.25) is 11.8 Å². The molecule has 0 aromatic heterocycles. The summed E-state index contributed by atoms with van der Waals surface area (Å²) < 4.78 is 13.3. The van der Waals surface area contributed by atoms with Crippen molar-refractivity contribution in [2.45, 2.75) is 25.7 Å². The number of nitrogens with zero attached hydrogens (tertiary/aromatic N) is 2. The largest absolute Gasteiger partial charge is 0.341 e. The van der Waals surface area contributed by atoms with Gasteiger partial charge in [-0.1, -0.05) is 12.1 Å². The maximum absolute atomic E-state index is 13.3. The van der Waals surface area contributed by atoms with Crippen LogP contribution in [-0.4, -0.2) is 60.9 Å². The highest BCUT2D eigenvalue weighted by Crippen LogP contribution is 2.16. The molecule has 5 nitrogen and oxygen atoms in total. The van der Waals surface area contributed by atoms with Crippen molar-refractivity contribution in [1.82, 2.24) is 15.1 Å². The first-order valence-corrected chi connectivity index (χ1v) is 9.15. The Morgan fingerprint density at radius 1 is 1.12 bits per heavy atom. The molecule has 1 atom stereocenters. The van der Waals surface area contributed by atoms with Crippen molar-refractivity contribution in [3.8, 4) is 0 Å². The Bertz CT molecular complexity index is 616. The maximum Gasteiger partial charge on any atom is 0.227 e. The second kappa shape index (κ2) is 8.43. The number of hydrogen-bond donors (Lipinski definition) is 1. The molecule has 136 valence electrons. The number of amides is 2. The predicted octanol–water partition coefficient (Wildman–Crippen LogP) is 1.43. The van der Waals surface area contributed by atoms with E-state index in [1.807, 2.05) is 4.90 Å². The normalized spacial score (nSPS) is 21.7. The minimum Gasteiger partial charge on any atom is -0.341 e. The summed E-state index contributed by atoms with van der Waals surface area (Å²) in [6.45, 7) is 4.26. The molecule has 1 unspecified atom stereocenters. The zero-order chi connectivity index (χ0) is 17.6. The third-order valence-corrected chi connectivity index (χ3v) is 5.05. The van der Waals surface area contributed by atoms with E-state index in [1.54, 1.807) is 17.0 Å². The van der Waals surface area contributed by atoms with Crippen LogP contribution in [0, 0.1) is 11.7 Å². The average Bonchev–Trinajstić information content (AvgIpc) is 2.88. The molecule has 0 radical (unpaired) electrons. The van der Waals surface area contributed by atoms with E-state index in [9.17, 15) is 14.0 Å². The molecule has 1 N–H and O–H groups in total. The topological polar surface area (TPSA) is 52.7 Å². The van der Waals surface area contributed by atoms with Crippen LogP contribution in [0.25, 0.3) is 0 Å². The lowest BCUT2D eigenvalue weighted by molar-refractivity contribution is -0.136. The van der Waals surface area contributed by atoms with Crippen LogP contribution in [0.4, 0.5) is 4.39 Å². The number of hydrogen-bond acceptors (Lipinski definition) is 3. The Morgan fingerprint density at radius 2 is 1.92 bits per heavy atom. The van der Waals surface area contributed by atoms with Crippen molar-refractivity contribution < 1.29 is 14.0 Å². The number of carbonyl (C=O) groups excluding carboxylic acids is 2. The summed E-state index contributed by atoms with van der Waals surface area (Å²) in [7, 11) is 0. The van der Waals surface area contributed by atoms with E-state index >= 15 is 0 Å². The zero-order valence-corrected chi connectivity index (χ0v) is 14.5. The predicted molar refractivity (Wildman–Crippen MR) is 93.5 cm³/mol. The molecular formula is C19H26FN3O2. The summed E-state index contributed by atoms with van der Waals surface area (Å²) >= 11 is 0. The van der Waals surface area contributed by atoms with Crippen molar-refractivity contribution in [2.24, 2.45) is 5.92 Å². The van der Waals surface area contributed by atoms with Gasteiger partial charge in [0.1, 0.15) is 5.82 Å². The Hall–Kier alpha value is -1.95. The molecule has 3 rings (SSSR count). The van der Waals surface area contributed by atoms with Crippen LogP contribution < -0.4 is 5.32 Å². The smallest absolute Gasteiger partial charge is 0.227 e. The number of halogens is 1. The van der Waals surface area contributed by atoms with Crippen LogP contribution in [0.1, 0.15) is 24.8 Å². The minimum atomic E-state index is -0.320. The van der Waals surface area contributed by atoms with Crippen LogP contribution in [0.5, 0.6) is 0 Å². The monoisotopic (exact) mass is 347 g/mol. The van der Waals surface area contributed by atoms with Crippen molar-refractivity contribution in [1.29, 1.82) is 0 Å². The molecule has 2 aliphatic rings. The maximum atomic E-state index is 13.3. The second-order valence-electron chi connectivity index (χ2n) is 6.91. The number of benzene rings is 1. The van der Waals surface area contributed by atoms with Gasteiger partial charge in [-0.2, -0.15) is 0 Å². The summed E-state index contributed by atoms with van der Waals surface area (Å²) in [4.78, 5) is 28.9. The van der Waals surface area contributed by atoms with Crippen molar-refractivity contribution >= 4 is 11.8 Å². The highest BCUT2D eigenvalue weighted by Gasteiger charge is 2.28. The molecule has 6 heteroatoms. The van der Waals surface area contributed by atoms with E-state index in [2.05, 4.69) is 5.32 Å². The fourth-order valence-corrected chi connectivity index (χ4v) is 3.64. The molecule has 2 aliphatic heterocycles. The van der Waals surface area contributed by atoms with E-state index in [1.165, 1.54) is 12.1 Å². The third kappa shape index (κ3) is 4.78. The molecule has 25 heavy (non-hydrogen) atoms. The van der Waals surface area contributed by atoms with E-state index in [0.29, 0.717) is 31.7 Å². The minimum absolute atomic E-state index is 0.000711. The molecule has 2 amide bonds. The summed E-state index contributed by atoms with van der Waals surface area (Å²) in [5.41, 5.74) is 0.690. The molecule has 0 aliphatic carbocycles. The highest BCUT2D eigenvalue weighted by molar-refractivity contribution is 5.80. The fraction of sp³-hybridized carbons (Fsp3) is 0.579. The highest BCUT2D eigenvalue weighted by atomic mass is 19.1. The van der Waals surface area contributed by atoms with Gasteiger partial charge in [-0.3, -0.25) is 9.59 Å². The Morgan fingerprint density at radius 3 is 2.68 bits per heavy atom. The Balaban J connectivity index is 1.53. The quantitative estimate of drug-likeness (QED) is 0.900. The lowest BCUT2D eigenvalue weighted by Gasteiger charge is -2.29. The van der Waals surface area contributed by atoms with E-state index in [-0.39, 0.29) is 30.0 Å². The number of nitrogens with one attached hydrogen (secondary N) is 1. The molecule has 2 heterocycles. The van der Waals surface area contributed by atoms with Gasteiger partial charge in [-0.05, 0) is 43.5 Å². The molecule has 0 saturated carbocycles. The van der Waals surface area contributed by atoms with E-state index < -0.39 is 0 Å². The molecule has 2 saturated heterocycles. The van der Waals surface area contributed by atoms with Gasteiger partial charge in [0.05, 0.1) is 12.3 Å². The van der Waals surface area contributed by atoms with Crippen LogP contribution in [0.2, 0.25) is 0 Å². The molecule has 1 aromatic rings.